The Kier molecular flexibility index (Phi) is 25.3. The highest BCUT2D eigenvalue weighted by Gasteiger charge is 2.40. The van der Waals surface area contributed by atoms with Crippen molar-refractivity contribution in [2.24, 2.45) is 0 Å². The Hall–Kier alpha value is -15.4. The van der Waals surface area contributed by atoms with Gasteiger partial charge >= 0.3 is 18.3 Å². The van der Waals surface area contributed by atoms with E-state index in [4.69, 9.17) is 8.83 Å². The van der Waals surface area contributed by atoms with Crippen LogP contribution in [0, 0.1) is 12.7 Å². The lowest BCUT2D eigenvalue weighted by Gasteiger charge is -2.22. The molecule has 3 amide bonds. The Labute approximate surface area is 713 Å². The van der Waals surface area contributed by atoms with E-state index < -0.39 is 98.2 Å². The molecule has 0 aliphatic heterocycles. The fourth-order valence-electron chi connectivity index (χ4n) is 13.3. The number of rotatable bonds is 19. The van der Waals surface area contributed by atoms with E-state index in [1.165, 1.54) is 170 Å². The van der Waals surface area contributed by atoms with Gasteiger partial charge < -0.3 is 39.0 Å². The largest absolute Gasteiger partial charge is 0.459 e. The molecule has 16 rings (SSSR count). The number of hydrogen-bond donors (Lipinski definition) is 4. The molecule has 0 spiro atoms. The summed E-state index contributed by atoms with van der Waals surface area (Å²) in [5.41, 5.74) is 0.927. The van der Waals surface area contributed by atoms with Crippen LogP contribution in [0.3, 0.4) is 0 Å². The lowest BCUT2D eigenvalue weighted by Crippen LogP contribution is -2.34. The number of halogens is 8. The van der Waals surface area contributed by atoms with Gasteiger partial charge in [0.2, 0.25) is 23.1 Å². The fraction of sp³-hybridized carbons (Fsp3) is 0.0745. The second-order valence-electron chi connectivity index (χ2n) is 27.8. The minimum atomic E-state index is -4.08. The van der Waals surface area contributed by atoms with Crippen LogP contribution < -0.4 is 34.9 Å². The van der Waals surface area contributed by atoms with Crippen molar-refractivity contribution in [1.82, 2.24) is 20.7 Å². The van der Waals surface area contributed by atoms with E-state index in [2.05, 4.69) is 50.8 Å². The van der Waals surface area contributed by atoms with Gasteiger partial charge in [0.15, 0.2) is 34.7 Å². The van der Waals surface area contributed by atoms with Crippen molar-refractivity contribution in [2.75, 3.05) is 0 Å². The van der Waals surface area contributed by atoms with E-state index in [9.17, 15) is 91.9 Å². The van der Waals surface area contributed by atoms with Gasteiger partial charge in [-0.3, -0.25) is 57.5 Å². The molecule has 0 bridgehead atoms. The first-order valence-electron chi connectivity index (χ1n) is 37.3. The maximum atomic E-state index is 14.1. The van der Waals surface area contributed by atoms with Crippen LogP contribution in [0.5, 0.6) is 17.2 Å². The Bertz CT molecular complexity index is 6650. The summed E-state index contributed by atoms with van der Waals surface area (Å²) in [6.07, 6.45) is -8.86. The molecule has 0 fully saturated rings. The molecule has 0 unspecified atom stereocenters. The molecular formula is C94H62BrF7N4O18S. The average Bonchev–Trinajstić information content (AvgIpc) is 1.42. The minimum absolute atomic E-state index is 0.0141. The average molecular weight is 1780 g/mol. The fourth-order valence-corrected chi connectivity index (χ4v) is 14.6. The number of benzene rings is 10. The van der Waals surface area contributed by atoms with Gasteiger partial charge in [0.05, 0.1) is 39.0 Å². The molecule has 2 heterocycles. The molecular weight excluding hydrogens is 1720 g/mol. The van der Waals surface area contributed by atoms with Crippen molar-refractivity contribution in [3.05, 3.63) is 402 Å². The summed E-state index contributed by atoms with van der Waals surface area (Å²) in [5.74, 6) is -7.26. The van der Waals surface area contributed by atoms with Gasteiger partial charge in [-0.15, -0.1) is 0 Å². The normalized spacial score (nSPS) is 13.8. The number of nitrogens with one attached hydrogen (secondary N) is 4. The predicted molar refractivity (Wildman–Crippen MR) is 443 cm³/mol. The maximum Gasteiger partial charge on any atom is 0.394 e. The van der Waals surface area contributed by atoms with Gasteiger partial charge in [-0.1, -0.05) is 192 Å². The van der Waals surface area contributed by atoms with Gasteiger partial charge in [0.1, 0.15) is 51.6 Å². The molecule has 628 valence electrons. The van der Waals surface area contributed by atoms with Gasteiger partial charge in [-0.05, 0) is 126 Å². The number of sulfonamides is 1. The lowest BCUT2D eigenvalue weighted by atomic mass is 9.84. The zero-order valence-electron chi connectivity index (χ0n) is 65.3. The highest BCUT2D eigenvalue weighted by atomic mass is 79.9. The number of alkyl halides is 6. The number of Topliss-reactive ketones (excluding diaryl/α,β-unsaturated/α-hetero) is 8. The van der Waals surface area contributed by atoms with Crippen LogP contribution in [0.25, 0.3) is 22.3 Å². The Morgan fingerprint density at radius 1 is 0.344 bits per heavy atom. The first-order chi connectivity index (χ1) is 59.4. The molecule has 4 aliphatic rings. The summed E-state index contributed by atoms with van der Waals surface area (Å²) in [6, 6.07) is 66.3. The summed E-state index contributed by atoms with van der Waals surface area (Å²) in [6.45, 7) is 3.45. The number of amides is 3. The monoisotopic (exact) mass is 1780 g/mol. The smallest absolute Gasteiger partial charge is 0.394 e. The van der Waals surface area contributed by atoms with E-state index in [-0.39, 0.29) is 146 Å². The summed E-state index contributed by atoms with van der Waals surface area (Å²) in [7, 11) is -4.08. The third-order valence-electron chi connectivity index (χ3n) is 18.8. The Morgan fingerprint density at radius 3 is 0.992 bits per heavy atom. The Balaban J connectivity index is 0.000000143. The number of allylic oxidation sites excluding steroid dienone is 8. The molecule has 12 aromatic rings. The second-order valence-corrected chi connectivity index (χ2v) is 30.4. The van der Waals surface area contributed by atoms with Gasteiger partial charge in [0, 0.05) is 69.8 Å². The van der Waals surface area contributed by atoms with Crippen LogP contribution in [0.4, 0.5) is 30.7 Å². The zero-order valence-corrected chi connectivity index (χ0v) is 67.7. The van der Waals surface area contributed by atoms with E-state index >= 15 is 0 Å². The van der Waals surface area contributed by atoms with E-state index in [0.29, 0.717) is 32.1 Å². The number of ether oxygens (including phenoxy) is 3. The van der Waals surface area contributed by atoms with E-state index in [1.54, 1.807) is 110 Å². The minimum Gasteiger partial charge on any atom is -0.459 e. The Morgan fingerprint density at radius 2 is 0.656 bits per heavy atom. The molecule has 0 saturated carbocycles. The predicted octanol–water partition coefficient (Wildman–Crippen LogP) is 18.5. The maximum absolute atomic E-state index is 14.1. The first kappa shape index (κ1) is 87.4. The molecule has 0 atom stereocenters. The summed E-state index contributed by atoms with van der Waals surface area (Å²) in [4.78, 5) is 144. The number of carbonyl (C=O) groups excluding carboxylic acids is 11. The summed E-state index contributed by atoms with van der Waals surface area (Å²) < 4.78 is 146. The van der Waals surface area contributed by atoms with Gasteiger partial charge in [0.25, 0.3) is 27.7 Å². The summed E-state index contributed by atoms with van der Waals surface area (Å²) in [5, 5.41) is 7.34. The molecule has 2 aromatic heterocycles. The number of aryl methyl sites for hydroxylation is 1. The van der Waals surface area contributed by atoms with Crippen molar-refractivity contribution >= 4 is 112 Å². The van der Waals surface area contributed by atoms with Crippen LogP contribution in [0.2, 0.25) is 0 Å². The third kappa shape index (κ3) is 19.8. The summed E-state index contributed by atoms with van der Waals surface area (Å²) >= 11 is 3.26. The van der Waals surface area contributed by atoms with Crippen molar-refractivity contribution in [2.45, 2.75) is 50.9 Å². The first-order valence-corrected chi connectivity index (χ1v) is 39.5. The molecule has 22 nitrogen and oxygen atoms in total. The highest BCUT2D eigenvalue weighted by molar-refractivity contribution is 9.10. The van der Waals surface area contributed by atoms with Crippen molar-refractivity contribution in [3.8, 4) is 17.2 Å². The molecule has 4 aliphatic carbocycles. The topological polar surface area (TPSA) is 324 Å². The van der Waals surface area contributed by atoms with Crippen molar-refractivity contribution < 1.29 is 115 Å². The van der Waals surface area contributed by atoms with E-state index in [0.717, 1.165) is 10.5 Å². The number of furan rings is 2. The van der Waals surface area contributed by atoms with Crippen molar-refractivity contribution in [3.63, 3.8) is 0 Å². The number of carbonyl (C=O) groups is 11. The van der Waals surface area contributed by atoms with Crippen LogP contribution in [-0.4, -0.2) is 90.7 Å². The molecule has 0 saturated heterocycles. The van der Waals surface area contributed by atoms with Crippen LogP contribution in [0.1, 0.15) is 163 Å². The standard InChI is InChI=1S/C25H16F3NO4.C24H17F2NO5.C23H15F2NO5.C22H14BrNO4S/c1-25(27,28)33-15-12-10-14(11-13-15)20-21(29-24(32)18-8-4-5-9-19(18)26)23(31)17-7-3-2-6-16(17)22(20)30;1-13-7-12-18(31-13)23(30)27-20-19(14-8-10-15(11-9-14)32-24(2,25)26)21(28)16-5-3-4-6-17(16)22(20)29;1-23(24,25)31-14-10-8-13(9-11-14)18-19(26-22(29)17-7-4-12-30-17)21(28)16-6-3-2-5-15(16)20(18)27;23-15-10-12-16(13-11-15)29(27,28)24-20-19(14-6-2-1-3-7-14)21(25)17-8-4-5-9-18(17)22(20)26/h2-13H,1H3,(H,29,32);3-12H,1-2H3,(H,27,30);2-12H,1H3,(H,26,29);1-13,24H. The van der Waals surface area contributed by atoms with Crippen LogP contribution in [-0.2, 0) is 10.0 Å². The molecule has 10 aromatic carbocycles. The molecule has 4 N–H and O–H groups in total. The lowest BCUT2D eigenvalue weighted by molar-refractivity contribution is -0.159. The number of ketones is 8. The molecule has 31 heteroatoms. The number of hydrogen-bond acceptors (Lipinski definition) is 18. The van der Waals surface area contributed by atoms with Crippen LogP contribution in [0.15, 0.2) is 320 Å². The highest BCUT2D eigenvalue weighted by Crippen LogP contribution is 2.39. The molecule has 125 heavy (non-hydrogen) atoms. The SMILES string of the molecule is CC(F)(F)Oc1ccc(C2=C(NC(=O)c3ccccc3F)C(=O)c3ccccc3C2=O)cc1.CC(F)(F)Oc1ccc(C2=C(NC(=O)c3ccco3)C(=O)c3ccccc3C2=O)cc1.Cc1ccc(C(=O)NC2=C(c3ccc(OC(C)(F)F)cc3)C(=O)c3ccccc3C2=O)o1.O=C1C(NS(=O)(=O)c2ccc(Br)cc2)=C(c2ccccc2)C(=O)c2ccccc21. The van der Waals surface area contributed by atoms with Gasteiger partial charge in [-0.25, -0.2) is 12.8 Å². The van der Waals surface area contributed by atoms with Crippen LogP contribution >= 0.6 is 15.9 Å². The quantitative estimate of drug-likeness (QED) is 0.0547. The van der Waals surface area contributed by atoms with Gasteiger partial charge in [-0.2, -0.15) is 26.3 Å². The molecule has 0 radical (unpaired) electrons. The number of fused-ring (bicyclic) bond motifs is 4. The van der Waals surface area contributed by atoms with E-state index in [1.807, 2.05) is 0 Å². The second kappa shape index (κ2) is 36.1. The van der Waals surface area contributed by atoms with Crippen molar-refractivity contribution in [1.29, 1.82) is 0 Å². The zero-order chi connectivity index (χ0) is 89.6. The third-order valence-corrected chi connectivity index (χ3v) is 20.7.